The summed E-state index contributed by atoms with van der Waals surface area (Å²) in [6.07, 6.45) is 3.38. The van der Waals surface area contributed by atoms with Gasteiger partial charge in [-0.3, -0.25) is 4.79 Å². The standard InChI is InChI=1S/C13H14N2O2/c1-2-17-13(16)9-15-10-14-8-12(15)11-6-4-3-5-7-11/h3-8,10H,2,9H2,1H3. The van der Waals surface area contributed by atoms with Crippen molar-refractivity contribution in [2.75, 3.05) is 6.61 Å². The lowest BCUT2D eigenvalue weighted by Crippen LogP contribution is -2.13. The molecule has 0 aliphatic rings. The molecular weight excluding hydrogens is 216 g/mol. The Morgan fingerprint density at radius 1 is 1.35 bits per heavy atom. The molecule has 2 rings (SSSR count). The predicted molar refractivity (Wildman–Crippen MR) is 64.3 cm³/mol. The maximum atomic E-state index is 11.4. The molecule has 0 unspecified atom stereocenters. The van der Waals surface area contributed by atoms with E-state index in [1.165, 1.54) is 0 Å². The van der Waals surface area contributed by atoms with Gasteiger partial charge in [0.15, 0.2) is 0 Å². The van der Waals surface area contributed by atoms with E-state index in [1.807, 2.05) is 30.3 Å². The minimum Gasteiger partial charge on any atom is -0.465 e. The molecule has 88 valence electrons. The third-order valence-corrected chi connectivity index (χ3v) is 2.39. The summed E-state index contributed by atoms with van der Waals surface area (Å²) in [4.78, 5) is 15.5. The monoisotopic (exact) mass is 230 g/mol. The first-order valence-corrected chi connectivity index (χ1v) is 5.52. The summed E-state index contributed by atoms with van der Waals surface area (Å²) in [5.74, 6) is -0.248. The van der Waals surface area contributed by atoms with Gasteiger partial charge in [-0.25, -0.2) is 4.98 Å². The molecule has 0 atom stereocenters. The summed E-state index contributed by atoms with van der Waals surface area (Å²) in [5.41, 5.74) is 1.95. The molecule has 0 saturated carbocycles. The highest BCUT2D eigenvalue weighted by Gasteiger charge is 2.08. The first-order chi connectivity index (χ1) is 8.31. The van der Waals surface area contributed by atoms with E-state index in [4.69, 9.17) is 4.74 Å². The maximum Gasteiger partial charge on any atom is 0.325 e. The van der Waals surface area contributed by atoms with Gasteiger partial charge in [-0.15, -0.1) is 0 Å². The third-order valence-electron chi connectivity index (χ3n) is 2.39. The van der Waals surface area contributed by atoms with E-state index in [2.05, 4.69) is 4.98 Å². The quantitative estimate of drug-likeness (QED) is 0.755. The van der Waals surface area contributed by atoms with Crippen LogP contribution >= 0.6 is 0 Å². The summed E-state index contributed by atoms with van der Waals surface area (Å²) in [6, 6.07) is 9.83. The van der Waals surface area contributed by atoms with Gasteiger partial charge < -0.3 is 9.30 Å². The second-order valence-corrected chi connectivity index (χ2v) is 3.58. The van der Waals surface area contributed by atoms with Crippen LogP contribution in [-0.4, -0.2) is 22.1 Å². The summed E-state index contributed by atoms with van der Waals surface area (Å²) < 4.78 is 6.70. The molecule has 0 N–H and O–H groups in total. The highest BCUT2D eigenvalue weighted by molar-refractivity contribution is 5.70. The van der Waals surface area contributed by atoms with Gasteiger partial charge in [0.2, 0.25) is 0 Å². The lowest BCUT2D eigenvalue weighted by atomic mass is 10.2. The van der Waals surface area contributed by atoms with Crippen molar-refractivity contribution < 1.29 is 9.53 Å². The summed E-state index contributed by atoms with van der Waals surface area (Å²) in [7, 11) is 0. The first kappa shape index (κ1) is 11.4. The van der Waals surface area contributed by atoms with Crippen LogP contribution in [0, 0.1) is 0 Å². The number of nitrogens with zero attached hydrogens (tertiary/aromatic N) is 2. The third kappa shape index (κ3) is 2.72. The number of ether oxygens (including phenoxy) is 1. The normalized spacial score (nSPS) is 10.2. The zero-order valence-corrected chi connectivity index (χ0v) is 9.67. The van der Waals surface area contributed by atoms with Crippen LogP contribution in [-0.2, 0) is 16.1 Å². The molecule has 0 aliphatic carbocycles. The number of benzene rings is 1. The molecule has 0 bridgehead atoms. The number of hydrogen-bond acceptors (Lipinski definition) is 3. The maximum absolute atomic E-state index is 11.4. The minimum atomic E-state index is -0.248. The van der Waals surface area contributed by atoms with Crippen LogP contribution in [0.25, 0.3) is 11.3 Å². The van der Waals surface area contributed by atoms with Crippen LogP contribution in [0.3, 0.4) is 0 Å². The average Bonchev–Trinajstić information content (AvgIpc) is 2.78. The zero-order chi connectivity index (χ0) is 12.1. The van der Waals surface area contributed by atoms with Gasteiger partial charge in [0.25, 0.3) is 0 Å². The zero-order valence-electron chi connectivity index (χ0n) is 9.67. The number of imidazole rings is 1. The van der Waals surface area contributed by atoms with Crippen LogP contribution in [0.5, 0.6) is 0 Å². The van der Waals surface area contributed by atoms with E-state index < -0.39 is 0 Å². The molecular formula is C13H14N2O2. The van der Waals surface area contributed by atoms with Gasteiger partial charge in [0, 0.05) is 0 Å². The van der Waals surface area contributed by atoms with Crippen molar-refractivity contribution in [1.29, 1.82) is 0 Å². The van der Waals surface area contributed by atoms with E-state index >= 15 is 0 Å². The number of hydrogen-bond donors (Lipinski definition) is 0. The van der Waals surface area contributed by atoms with Crippen molar-refractivity contribution in [3.05, 3.63) is 42.9 Å². The Morgan fingerprint density at radius 2 is 2.12 bits per heavy atom. The lowest BCUT2D eigenvalue weighted by Gasteiger charge is -2.07. The summed E-state index contributed by atoms with van der Waals surface area (Å²) >= 11 is 0. The van der Waals surface area contributed by atoms with E-state index in [0.717, 1.165) is 11.3 Å². The number of esters is 1. The second kappa shape index (κ2) is 5.30. The molecule has 4 nitrogen and oxygen atoms in total. The second-order valence-electron chi connectivity index (χ2n) is 3.58. The molecule has 17 heavy (non-hydrogen) atoms. The Labute approximate surface area is 99.9 Å². The lowest BCUT2D eigenvalue weighted by molar-refractivity contribution is -0.143. The van der Waals surface area contributed by atoms with E-state index in [0.29, 0.717) is 6.61 Å². The van der Waals surface area contributed by atoms with Gasteiger partial charge in [0.05, 0.1) is 24.8 Å². The van der Waals surface area contributed by atoms with Crippen molar-refractivity contribution in [3.63, 3.8) is 0 Å². The highest BCUT2D eigenvalue weighted by atomic mass is 16.5. The Morgan fingerprint density at radius 3 is 2.82 bits per heavy atom. The van der Waals surface area contributed by atoms with Gasteiger partial charge in [-0.1, -0.05) is 30.3 Å². The van der Waals surface area contributed by atoms with E-state index in [-0.39, 0.29) is 12.5 Å². The van der Waals surface area contributed by atoms with Crippen molar-refractivity contribution in [2.45, 2.75) is 13.5 Å². The molecule has 0 spiro atoms. The van der Waals surface area contributed by atoms with E-state index in [9.17, 15) is 4.79 Å². The summed E-state index contributed by atoms with van der Waals surface area (Å²) in [6.45, 7) is 2.39. The molecule has 2 aromatic rings. The highest BCUT2D eigenvalue weighted by Crippen LogP contribution is 2.18. The van der Waals surface area contributed by atoms with Crippen LogP contribution < -0.4 is 0 Å². The van der Waals surface area contributed by atoms with Crippen molar-refractivity contribution in [3.8, 4) is 11.3 Å². The molecule has 0 radical (unpaired) electrons. The molecule has 1 aromatic carbocycles. The fraction of sp³-hybridized carbons (Fsp3) is 0.231. The first-order valence-electron chi connectivity index (χ1n) is 5.52. The number of carbonyl (C=O) groups is 1. The fourth-order valence-electron chi connectivity index (χ4n) is 1.64. The van der Waals surface area contributed by atoms with Crippen LogP contribution in [0.4, 0.5) is 0 Å². The molecule has 0 fully saturated rings. The fourth-order valence-corrected chi connectivity index (χ4v) is 1.64. The Kier molecular flexibility index (Phi) is 3.55. The minimum absolute atomic E-state index is 0.193. The molecule has 0 saturated heterocycles. The van der Waals surface area contributed by atoms with Crippen molar-refractivity contribution in [1.82, 2.24) is 9.55 Å². The molecule has 1 aromatic heterocycles. The van der Waals surface area contributed by atoms with Crippen molar-refractivity contribution in [2.24, 2.45) is 0 Å². The largest absolute Gasteiger partial charge is 0.465 e. The predicted octanol–water partition coefficient (Wildman–Crippen LogP) is 2.11. The molecule has 1 heterocycles. The summed E-state index contributed by atoms with van der Waals surface area (Å²) in [5, 5.41) is 0. The van der Waals surface area contributed by atoms with Crippen molar-refractivity contribution >= 4 is 5.97 Å². The molecule has 0 amide bonds. The number of carbonyl (C=O) groups excluding carboxylic acids is 1. The number of rotatable bonds is 4. The van der Waals surface area contributed by atoms with Crippen LogP contribution in [0.2, 0.25) is 0 Å². The number of aromatic nitrogens is 2. The molecule has 4 heteroatoms. The van der Waals surface area contributed by atoms with E-state index in [1.54, 1.807) is 24.0 Å². The van der Waals surface area contributed by atoms with Gasteiger partial charge >= 0.3 is 5.97 Å². The average molecular weight is 230 g/mol. The topological polar surface area (TPSA) is 44.1 Å². The Balaban J connectivity index is 2.20. The van der Waals surface area contributed by atoms with Crippen LogP contribution in [0.15, 0.2) is 42.9 Å². The Bertz CT molecular complexity index is 491. The molecule has 0 aliphatic heterocycles. The van der Waals surface area contributed by atoms with Gasteiger partial charge in [-0.05, 0) is 12.5 Å². The van der Waals surface area contributed by atoms with Gasteiger partial charge in [0.1, 0.15) is 6.54 Å². The van der Waals surface area contributed by atoms with Gasteiger partial charge in [-0.2, -0.15) is 0 Å². The Hall–Kier alpha value is -2.10. The smallest absolute Gasteiger partial charge is 0.325 e. The van der Waals surface area contributed by atoms with Crippen LogP contribution in [0.1, 0.15) is 6.92 Å². The SMILES string of the molecule is CCOC(=O)Cn1cncc1-c1ccccc1.